The molecular formula is C25H20F3N3O3. The number of hydrogen-bond donors (Lipinski definition) is 1. The summed E-state index contributed by atoms with van der Waals surface area (Å²) in [4.78, 5) is 25.8. The predicted octanol–water partition coefficient (Wildman–Crippen LogP) is 4.78. The van der Waals surface area contributed by atoms with Gasteiger partial charge in [0.05, 0.1) is 24.5 Å². The number of esters is 1. The summed E-state index contributed by atoms with van der Waals surface area (Å²) < 4.78 is 43.8. The lowest BCUT2D eigenvalue weighted by molar-refractivity contribution is -0.137. The van der Waals surface area contributed by atoms with Crippen LogP contribution >= 0.6 is 0 Å². The number of hydrazone groups is 1. The van der Waals surface area contributed by atoms with Crippen molar-refractivity contribution >= 4 is 23.8 Å². The maximum atomic E-state index is 13.0. The van der Waals surface area contributed by atoms with Crippen molar-refractivity contribution in [1.29, 1.82) is 0 Å². The molecule has 0 unspecified atom stereocenters. The van der Waals surface area contributed by atoms with Crippen LogP contribution in [0.15, 0.2) is 71.8 Å². The van der Waals surface area contributed by atoms with Crippen LogP contribution in [0.2, 0.25) is 0 Å². The second-order valence-corrected chi connectivity index (χ2v) is 7.70. The third-order valence-electron chi connectivity index (χ3n) is 5.44. The molecule has 174 valence electrons. The quantitative estimate of drug-likeness (QED) is 0.333. The number of carbonyl (C=O) groups excluding carboxylic acids is 2. The van der Waals surface area contributed by atoms with Crippen molar-refractivity contribution in [3.8, 4) is 0 Å². The zero-order chi connectivity index (χ0) is 24.3. The smallest absolute Gasteiger partial charge is 0.416 e. The van der Waals surface area contributed by atoms with Gasteiger partial charge in [-0.2, -0.15) is 18.3 Å². The van der Waals surface area contributed by atoms with Crippen LogP contribution in [0.4, 0.5) is 18.9 Å². The Morgan fingerprint density at radius 1 is 0.971 bits per heavy atom. The highest BCUT2D eigenvalue weighted by atomic mass is 19.4. The Bertz CT molecular complexity index is 1250. The zero-order valence-corrected chi connectivity index (χ0v) is 18.1. The van der Waals surface area contributed by atoms with Crippen LogP contribution in [0.25, 0.3) is 0 Å². The Hall–Kier alpha value is -4.14. The molecule has 1 aliphatic heterocycles. The van der Waals surface area contributed by atoms with Crippen LogP contribution in [-0.4, -0.2) is 25.2 Å². The third kappa shape index (κ3) is 5.09. The van der Waals surface area contributed by atoms with E-state index in [-0.39, 0.29) is 0 Å². The Balaban J connectivity index is 1.40. The van der Waals surface area contributed by atoms with E-state index in [2.05, 4.69) is 15.3 Å². The number of fused-ring (bicyclic) bond motifs is 1. The first kappa shape index (κ1) is 23.0. The number of nitrogens with zero attached hydrogens (tertiary/aromatic N) is 2. The summed E-state index contributed by atoms with van der Waals surface area (Å²) in [5.74, 6) is -0.859. The number of rotatable bonds is 5. The first-order valence-corrected chi connectivity index (χ1v) is 10.3. The van der Waals surface area contributed by atoms with Crippen LogP contribution in [0, 0.1) is 0 Å². The van der Waals surface area contributed by atoms with Crippen LogP contribution in [0.1, 0.15) is 43.0 Å². The molecule has 9 heteroatoms. The standard InChI is InChI=1S/C25H20F3N3O3/c1-34-24(33)17-7-5-16(6-8-17)13-29-30-23(32)18-9-10-19-14-31(15-20(19)11-18)22-4-2-3-21(12-22)25(26,27)28/h2-13H,14-15H2,1H3,(H,30,32)/b29-13-. The molecule has 1 amide bonds. The Morgan fingerprint density at radius 3 is 2.38 bits per heavy atom. The molecule has 0 aromatic heterocycles. The van der Waals surface area contributed by atoms with Crippen molar-refractivity contribution < 1.29 is 27.5 Å². The number of halogens is 3. The van der Waals surface area contributed by atoms with Crippen molar-refractivity contribution in [1.82, 2.24) is 5.43 Å². The highest BCUT2D eigenvalue weighted by molar-refractivity contribution is 5.95. The molecule has 3 aromatic carbocycles. The molecule has 0 bridgehead atoms. The minimum absolute atomic E-state index is 0.392. The monoisotopic (exact) mass is 467 g/mol. The molecule has 6 nitrogen and oxygen atoms in total. The number of amides is 1. The zero-order valence-electron chi connectivity index (χ0n) is 18.1. The van der Waals surface area contributed by atoms with E-state index in [4.69, 9.17) is 0 Å². The Kier molecular flexibility index (Phi) is 6.36. The summed E-state index contributed by atoms with van der Waals surface area (Å²) in [6.07, 6.45) is -2.96. The summed E-state index contributed by atoms with van der Waals surface area (Å²) in [6, 6.07) is 16.9. The van der Waals surface area contributed by atoms with Gasteiger partial charge in [0.2, 0.25) is 0 Å². The van der Waals surface area contributed by atoms with Crippen molar-refractivity contribution in [3.05, 3.63) is 100 Å². The molecule has 1 heterocycles. The molecule has 0 aliphatic carbocycles. The summed E-state index contributed by atoms with van der Waals surface area (Å²) in [5.41, 5.74) is 5.52. The van der Waals surface area contributed by atoms with Gasteiger partial charge in [0.15, 0.2) is 0 Å². The maximum Gasteiger partial charge on any atom is 0.416 e. The van der Waals surface area contributed by atoms with Gasteiger partial charge in [0.1, 0.15) is 0 Å². The van der Waals surface area contributed by atoms with Crippen LogP contribution < -0.4 is 10.3 Å². The highest BCUT2D eigenvalue weighted by Gasteiger charge is 2.31. The number of benzene rings is 3. The van der Waals surface area contributed by atoms with E-state index < -0.39 is 23.6 Å². The molecule has 4 rings (SSSR count). The van der Waals surface area contributed by atoms with E-state index in [0.29, 0.717) is 35.5 Å². The van der Waals surface area contributed by atoms with Gasteiger partial charge >= 0.3 is 12.1 Å². The first-order chi connectivity index (χ1) is 16.2. The molecule has 0 radical (unpaired) electrons. The molecule has 0 saturated heterocycles. The van der Waals surface area contributed by atoms with E-state index in [1.54, 1.807) is 48.5 Å². The lowest BCUT2D eigenvalue weighted by Gasteiger charge is -2.19. The highest BCUT2D eigenvalue weighted by Crippen LogP contribution is 2.34. The molecular weight excluding hydrogens is 447 g/mol. The van der Waals surface area contributed by atoms with E-state index >= 15 is 0 Å². The fraction of sp³-hybridized carbons (Fsp3) is 0.160. The summed E-state index contributed by atoms with van der Waals surface area (Å²) >= 11 is 0. The van der Waals surface area contributed by atoms with E-state index in [1.165, 1.54) is 19.4 Å². The Labute approximate surface area is 193 Å². The number of carbonyl (C=O) groups is 2. The number of ether oxygens (including phenoxy) is 1. The number of hydrogen-bond acceptors (Lipinski definition) is 5. The lowest BCUT2D eigenvalue weighted by Crippen LogP contribution is -2.18. The van der Waals surface area contributed by atoms with E-state index in [1.807, 2.05) is 4.90 Å². The minimum atomic E-state index is -4.41. The molecule has 0 spiro atoms. The minimum Gasteiger partial charge on any atom is -0.465 e. The number of methoxy groups -OCH3 is 1. The van der Waals surface area contributed by atoms with Crippen molar-refractivity contribution in [2.45, 2.75) is 19.3 Å². The topological polar surface area (TPSA) is 71.0 Å². The van der Waals surface area contributed by atoms with Crippen molar-refractivity contribution in [2.24, 2.45) is 5.10 Å². The third-order valence-corrected chi connectivity index (χ3v) is 5.44. The number of nitrogens with one attached hydrogen (secondary N) is 1. The van der Waals surface area contributed by atoms with Gasteiger partial charge in [-0.1, -0.05) is 24.3 Å². The van der Waals surface area contributed by atoms with Gasteiger partial charge in [-0.25, -0.2) is 10.2 Å². The van der Waals surface area contributed by atoms with E-state index in [9.17, 15) is 22.8 Å². The predicted molar refractivity (Wildman–Crippen MR) is 121 cm³/mol. The molecule has 3 aromatic rings. The molecule has 34 heavy (non-hydrogen) atoms. The fourth-order valence-electron chi connectivity index (χ4n) is 3.65. The summed E-state index contributed by atoms with van der Waals surface area (Å²) in [6.45, 7) is 0.853. The molecule has 0 saturated carbocycles. The Morgan fingerprint density at radius 2 is 1.68 bits per heavy atom. The maximum absolute atomic E-state index is 13.0. The molecule has 1 N–H and O–H groups in total. The van der Waals surface area contributed by atoms with Gasteiger partial charge in [0, 0.05) is 24.3 Å². The lowest BCUT2D eigenvalue weighted by atomic mass is 10.1. The van der Waals surface area contributed by atoms with Gasteiger partial charge in [-0.05, 0) is 59.2 Å². The van der Waals surface area contributed by atoms with Crippen LogP contribution in [-0.2, 0) is 24.0 Å². The van der Waals surface area contributed by atoms with Crippen LogP contribution in [0.5, 0.6) is 0 Å². The van der Waals surface area contributed by atoms with E-state index in [0.717, 1.165) is 23.3 Å². The first-order valence-electron chi connectivity index (χ1n) is 10.3. The normalized spacial score (nSPS) is 13.1. The van der Waals surface area contributed by atoms with Crippen LogP contribution in [0.3, 0.4) is 0 Å². The van der Waals surface area contributed by atoms with Gasteiger partial charge < -0.3 is 9.64 Å². The number of anilines is 1. The summed E-state index contributed by atoms with van der Waals surface area (Å²) in [5, 5.41) is 3.94. The molecule has 0 fully saturated rings. The average molecular weight is 467 g/mol. The van der Waals surface area contributed by atoms with Gasteiger partial charge in [0.25, 0.3) is 5.91 Å². The largest absolute Gasteiger partial charge is 0.465 e. The van der Waals surface area contributed by atoms with Crippen molar-refractivity contribution in [2.75, 3.05) is 12.0 Å². The average Bonchev–Trinajstić information content (AvgIpc) is 3.27. The van der Waals surface area contributed by atoms with Gasteiger partial charge in [-0.15, -0.1) is 0 Å². The second-order valence-electron chi connectivity index (χ2n) is 7.70. The van der Waals surface area contributed by atoms with Crippen molar-refractivity contribution in [3.63, 3.8) is 0 Å². The van der Waals surface area contributed by atoms with Gasteiger partial charge in [-0.3, -0.25) is 4.79 Å². The molecule has 1 aliphatic rings. The summed E-state index contributed by atoms with van der Waals surface area (Å²) in [7, 11) is 1.30. The number of alkyl halides is 3. The fourth-order valence-corrected chi connectivity index (χ4v) is 3.65. The molecule has 0 atom stereocenters. The SMILES string of the molecule is COC(=O)c1ccc(/C=N\NC(=O)c2ccc3c(c2)CN(c2cccc(C(F)(F)F)c2)C3)cc1. The second kappa shape index (κ2) is 9.38.